The number of piperidine rings is 1. The SMILES string of the molecule is CC(C)(C)c1ccc(=O)n(CC2CCN(C(=O)C3(c4ccccc4)CCOCC3)CC2)n1. The average Bonchev–Trinajstić information content (AvgIpc) is 2.81. The first-order valence-corrected chi connectivity index (χ1v) is 11.8. The second-order valence-electron chi connectivity index (χ2n) is 10.3. The first kappa shape index (κ1) is 22.7. The third kappa shape index (κ3) is 4.65. The van der Waals surface area contributed by atoms with E-state index in [2.05, 4.69) is 38.0 Å². The van der Waals surface area contributed by atoms with Crippen LogP contribution in [0.3, 0.4) is 0 Å². The van der Waals surface area contributed by atoms with E-state index in [0.717, 1.165) is 50.0 Å². The molecule has 2 fully saturated rings. The van der Waals surface area contributed by atoms with E-state index in [4.69, 9.17) is 4.74 Å². The molecular formula is C26H35N3O3. The standard InChI is InChI=1S/C26H35N3O3/c1-25(2,3)22-9-10-23(30)29(27-22)19-20-11-15-28(16-12-20)24(31)26(13-17-32-18-14-26)21-7-5-4-6-8-21/h4-10,20H,11-19H2,1-3H3. The lowest BCUT2D eigenvalue weighted by molar-refractivity contribution is -0.142. The van der Waals surface area contributed by atoms with Crippen molar-refractivity contribution in [1.82, 2.24) is 14.7 Å². The number of likely N-dealkylation sites (tertiary alicyclic amines) is 1. The van der Waals surface area contributed by atoms with Crippen LogP contribution in [0.25, 0.3) is 0 Å². The number of nitrogens with zero attached hydrogens (tertiary/aromatic N) is 3. The first-order valence-electron chi connectivity index (χ1n) is 11.8. The zero-order chi connectivity index (χ0) is 22.8. The molecule has 172 valence electrons. The van der Waals surface area contributed by atoms with Gasteiger partial charge >= 0.3 is 0 Å². The van der Waals surface area contributed by atoms with Gasteiger partial charge < -0.3 is 9.64 Å². The molecule has 2 aliphatic rings. The Hall–Kier alpha value is -2.47. The summed E-state index contributed by atoms with van der Waals surface area (Å²) >= 11 is 0. The molecule has 6 nitrogen and oxygen atoms in total. The molecule has 1 aromatic heterocycles. The summed E-state index contributed by atoms with van der Waals surface area (Å²) < 4.78 is 7.22. The van der Waals surface area contributed by atoms with Crippen molar-refractivity contribution < 1.29 is 9.53 Å². The van der Waals surface area contributed by atoms with Crippen LogP contribution in [0.15, 0.2) is 47.3 Å². The number of ether oxygens (including phenoxy) is 1. The molecule has 0 radical (unpaired) electrons. The molecule has 0 saturated carbocycles. The maximum atomic E-state index is 13.8. The van der Waals surface area contributed by atoms with Crippen LogP contribution in [0, 0.1) is 5.92 Å². The molecule has 3 heterocycles. The molecule has 0 aliphatic carbocycles. The van der Waals surface area contributed by atoms with Crippen molar-refractivity contribution in [2.24, 2.45) is 5.92 Å². The molecule has 0 unspecified atom stereocenters. The van der Waals surface area contributed by atoms with E-state index < -0.39 is 5.41 Å². The van der Waals surface area contributed by atoms with Gasteiger partial charge in [0.05, 0.1) is 11.1 Å². The van der Waals surface area contributed by atoms with Crippen LogP contribution in [-0.4, -0.2) is 46.9 Å². The fraction of sp³-hybridized carbons (Fsp3) is 0.577. The number of carbonyl (C=O) groups excluding carboxylic acids is 1. The van der Waals surface area contributed by atoms with Gasteiger partial charge in [-0.05, 0) is 43.2 Å². The smallest absolute Gasteiger partial charge is 0.266 e. The monoisotopic (exact) mass is 437 g/mol. The molecule has 32 heavy (non-hydrogen) atoms. The molecule has 0 atom stereocenters. The highest BCUT2D eigenvalue weighted by molar-refractivity contribution is 5.88. The Kier molecular flexibility index (Phi) is 6.52. The Morgan fingerprint density at radius 1 is 1.06 bits per heavy atom. The lowest BCUT2D eigenvalue weighted by Crippen LogP contribution is -2.52. The highest BCUT2D eigenvalue weighted by Gasteiger charge is 2.44. The van der Waals surface area contributed by atoms with Gasteiger partial charge in [-0.2, -0.15) is 5.10 Å². The number of hydrogen-bond donors (Lipinski definition) is 0. The highest BCUT2D eigenvalue weighted by Crippen LogP contribution is 2.37. The fourth-order valence-corrected chi connectivity index (χ4v) is 4.95. The molecule has 2 saturated heterocycles. The Bertz CT molecular complexity index is 979. The van der Waals surface area contributed by atoms with E-state index in [9.17, 15) is 9.59 Å². The summed E-state index contributed by atoms with van der Waals surface area (Å²) in [5, 5.41) is 4.63. The van der Waals surface area contributed by atoms with Gasteiger partial charge in [-0.1, -0.05) is 51.1 Å². The van der Waals surface area contributed by atoms with E-state index in [1.165, 1.54) is 0 Å². The second kappa shape index (κ2) is 9.18. The lowest BCUT2D eigenvalue weighted by atomic mass is 9.72. The van der Waals surface area contributed by atoms with Gasteiger partial charge in [0.25, 0.3) is 5.56 Å². The van der Waals surface area contributed by atoms with E-state index in [-0.39, 0.29) is 16.9 Å². The Morgan fingerprint density at radius 3 is 2.34 bits per heavy atom. The lowest BCUT2D eigenvalue weighted by Gasteiger charge is -2.42. The molecule has 0 spiro atoms. The number of rotatable bonds is 4. The van der Waals surface area contributed by atoms with E-state index in [1.807, 2.05) is 29.2 Å². The van der Waals surface area contributed by atoms with Crippen LogP contribution in [0.5, 0.6) is 0 Å². The highest BCUT2D eigenvalue weighted by atomic mass is 16.5. The summed E-state index contributed by atoms with van der Waals surface area (Å²) in [4.78, 5) is 28.2. The van der Waals surface area contributed by atoms with Gasteiger partial charge in [-0.3, -0.25) is 9.59 Å². The molecular weight excluding hydrogens is 402 g/mol. The molecule has 2 aliphatic heterocycles. The number of carbonyl (C=O) groups is 1. The number of aromatic nitrogens is 2. The molecule has 1 amide bonds. The number of benzene rings is 1. The molecule has 0 N–H and O–H groups in total. The zero-order valence-corrected chi connectivity index (χ0v) is 19.5. The van der Waals surface area contributed by atoms with Crippen molar-refractivity contribution in [3.8, 4) is 0 Å². The van der Waals surface area contributed by atoms with Crippen molar-refractivity contribution in [1.29, 1.82) is 0 Å². The van der Waals surface area contributed by atoms with E-state index >= 15 is 0 Å². The van der Waals surface area contributed by atoms with E-state index in [1.54, 1.807) is 10.7 Å². The van der Waals surface area contributed by atoms with Gasteiger partial charge in [0.1, 0.15) is 0 Å². The van der Waals surface area contributed by atoms with Crippen molar-refractivity contribution >= 4 is 5.91 Å². The zero-order valence-electron chi connectivity index (χ0n) is 19.5. The minimum Gasteiger partial charge on any atom is -0.381 e. The van der Waals surface area contributed by atoms with Crippen LogP contribution < -0.4 is 5.56 Å². The van der Waals surface area contributed by atoms with Gasteiger partial charge in [0, 0.05) is 44.3 Å². The van der Waals surface area contributed by atoms with Gasteiger partial charge in [-0.25, -0.2) is 4.68 Å². The van der Waals surface area contributed by atoms with Gasteiger partial charge in [-0.15, -0.1) is 0 Å². The predicted molar refractivity (Wildman–Crippen MR) is 125 cm³/mol. The Labute approximate surface area is 190 Å². The van der Waals surface area contributed by atoms with E-state index in [0.29, 0.717) is 25.7 Å². The summed E-state index contributed by atoms with van der Waals surface area (Å²) in [6, 6.07) is 13.6. The van der Waals surface area contributed by atoms with Crippen molar-refractivity contribution in [3.05, 3.63) is 64.1 Å². The minimum atomic E-state index is -0.480. The topological polar surface area (TPSA) is 64.4 Å². The van der Waals surface area contributed by atoms with Crippen LogP contribution in [0.1, 0.15) is 57.7 Å². The number of hydrogen-bond acceptors (Lipinski definition) is 4. The van der Waals surface area contributed by atoms with Gasteiger partial charge in [0.2, 0.25) is 5.91 Å². The van der Waals surface area contributed by atoms with Crippen molar-refractivity contribution in [2.45, 2.75) is 63.8 Å². The molecule has 0 bridgehead atoms. The molecule has 4 rings (SSSR count). The van der Waals surface area contributed by atoms with Crippen LogP contribution in [0.2, 0.25) is 0 Å². The van der Waals surface area contributed by atoms with Crippen molar-refractivity contribution in [2.75, 3.05) is 26.3 Å². The normalized spacial score (nSPS) is 19.7. The van der Waals surface area contributed by atoms with Gasteiger partial charge in [0.15, 0.2) is 0 Å². The average molecular weight is 438 g/mol. The molecule has 6 heteroatoms. The third-order valence-electron chi connectivity index (χ3n) is 7.05. The number of amides is 1. The maximum absolute atomic E-state index is 13.8. The van der Waals surface area contributed by atoms with Crippen molar-refractivity contribution in [3.63, 3.8) is 0 Å². The summed E-state index contributed by atoms with van der Waals surface area (Å²) in [7, 11) is 0. The summed E-state index contributed by atoms with van der Waals surface area (Å²) in [6.07, 6.45) is 3.24. The summed E-state index contributed by atoms with van der Waals surface area (Å²) in [5.74, 6) is 0.581. The summed E-state index contributed by atoms with van der Waals surface area (Å²) in [6.45, 7) is 9.63. The first-order chi connectivity index (χ1) is 15.3. The van der Waals surface area contributed by atoms with Crippen LogP contribution in [-0.2, 0) is 26.9 Å². The largest absolute Gasteiger partial charge is 0.381 e. The predicted octanol–water partition coefficient (Wildman–Crippen LogP) is 3.53. The Morgan fingerprint density at radius 2 is 1.72 bits per heavy atom. The molecule has 1 aromatic carbocycles. The second-order valence-corrected chi connectivity index (χ2v) is 10.3. The Balaban J connectivity index is 1.44. The van der Waals surface area contributed by atoms with Crippen LogP contribution >= 0.6 is 0 Å². The van der Waals surface area contributed by atoms with Crippen LogP contribution in [0.4, 0.5) is 0 Å². The third-order valence-corrected chi connectivity index (χ3v) is 7.05. The quantitative estimate of drug-likeness (QED) is 0.734. The fourth-order valence-electron chi connectivity index (χ4n) is 4.95. The minimum absolute atomic E-state index is 0.0539. The maximum Gasteiger partial charge on any atom is 0.266 e. The molecule has 2 aromatic rings. The summed E-state index contributed by atoms with van der Waals surface area (Å²) in [5.41, 5.74) is 1.40.